The third kappa shape index (κ3) is 3.13. The van der Waals surface area contributed by atoms with Crippen LogP contribution in [0.3, 0.4) is 0 Å². The van der Waals surface area contributed by atoms with Gasteiger partial charge in [-0.05, 0) is 39.7 Å². The predicted octanol–water partition coefficient (Wildman–Crippen LogP) is 3.84. The Morgan fingerprint density at radius 1 is 1.30 bits per heavy atom. The smallest absolute Gasteiger partial charge is 0.283 e. The first-order valence-corrected chi connectivity index (χ1v) is 6.57. The van der Waals surface area contributed by atoms with Crippen molar-refractivity contribution in [3.63, 3.8) is 0 Å². The van der Waals surface area contributed by atoms with Crippen molar-refractivity contribution in [3.05, 3.63) is 68.2 Å². The molecule has 2 aromatic carbocycles. The van der Waals surface area contributed by atoms with Crippen LogP contribution in [0.25, 0.3) is 0 Å². The van der Waals surface area contributed by atoms with Gasteiger partial charge in [0.05, 0.1) is 16.6 Å². The van der Waals surface area contributed by atoms with Crippen molar-refractivity contribution in [2.75, 3.05) is 5.32 Å². The zero-order valence-electron chi connectivity index (χ0n) is 10.3. The minimum absolute atomic E-state index is 0.0371. The van der Waals surface area contributed by atoms with Crippen LogP contribution in [0, 0.1) is 21.4 Å². The van der Waals surface area contributed by atoms with E-state index in [4.69, 9.17) is 5.26 Å². The summed E-state index contributed by atoms with van der Waals surface area (Å²) < 4.78 is 0.467. The van der Waals surface area contributed by atoms with E-state index in [1.165, 1.54) is 6.07 Å². The second-order valence-corrected chi connectivity index (χ2v) is 4.85. The number of nitro groups is 1. The quantitative estimate of drug-likeness (QED) is 0.681. The Labute approximate surface area is 124 Å². The van der Waals surface area contributed by atoms with Gasteiger partial charge in [0.15, 0.2) is 0 Å². The molecule has 20 heavy (non-hydrogen) atoms. The van der Waals surface area contributed by atoms with Crippen LogP contribution in [-0.2, 0) is 6.54 Å². The molecule has 0 amide bonds. The van der Waals surface area contributed by atoms with Gasteiger partial charge in [-0.2, -0.15) is 5.26 Å². The van der Waals surface area contributed by atoms with Crippen LogP contribution in [0.15, 0.2) is 46.9 Å². The number of nitro benzene ring substituents is 1. The minimum atomic E-state index is -0.427. The summed E-state index contributed by atoms with van der Waals surface area (Å²) in [6, 6.07) is 14.0. The number of benzene rings is 2. The Hall–Kier alpha value is -2.39. The molecular weight excluding hydrogens is 322 g/mol. The van der Waals surface area contributed by atoms with Crippen molar-refractivity contribution in [1.82, 2.24) is 0 Å². The van der Waals surface area contributed by atoms with Gasteiger partial charge in [0, 0.05) is 18.3 Å². The molecule has 0 saturated carbocycles. The Morgan fingerprint density at radius 3 is 2.75 bits per heavy atom. The molecule has 0 spiro atoms. The molecule has 0 unspecified atom stereocenters. The summed E-state index contributed by atoms with van der Waals surface area (Å²) in [5.74, 6) is 0. The van der Waals surface area contributed by atoms with Gasteiger partial charge >= 0.3 is 0 Å². The van der Waals surface area contributed by atoms with E-state index in [2.05, 4.69) is 27.3 Å². The first-order valence-electron chi connectivity index (χ1n) is 5.77. The highest BCUT2D eigenvalue weighted by molar-refractivity contribution is 9.10. The van der Waals surface area contributed by atoms with Crippen molar-refractivity contribution in [3.8, 4) is 6.07 Å². The number of anilines is 1. The van der Waals surface area contributed by atoms with Crippen LogP contribution in [0.4, 0.5) is 11.4 Å². The Bertz CT molecular complexity index is 695. The molecule has 100 valence electrons. The number of hydrogen-bond donors (Lipinski definition) is 1. The van der Waals surface area contributed by atoms with Crippen molar-refractivity contribution in [2.45, 2.75) is 6.54 Å². The molecule has 2 rings (SSSR count). The minimum Gasteiger partial charge on any atom is -0.381 e. The lowest BCUT2D eigenvalue weighted by atomic mass is 10.2. The molecule has 0 aliphatic carbocycles. The first kappa shape index (κ1) is 14.0. The number of nitriles is 1. The maximum absolute atomic E-state index is 10.9. The van der Waals surface area contributed by atoms with Crippen LogP contribution >= 0.6 is 15.9 Å². The number of nitrogens with zero attached hydrogens (tertiary/aromatic N) is 2. The SMILES string of the molecule is N#Cc1cccc(NCc2cccc([N+](=O)[O-])c2Br)c1. The van der Waals surface area contributed by atoms with Gasteiger partial charge in [-0.1, -0.05) is 18.2 Å². The van der Waals surface area contributed by atoms with Crippen LogP contribution in [0.5, 0.6) is 0 Å². The van der Waals surface area contributed by atoms with E-state index < -0.39 is 4.92 Å². The fourth-order valence-corrected chi connectivity index (χ4v) is 2.29. The topological polar surface area (TPSA) is 79.0 Å². The van der Waals surface area contributed by atoms with E-state index in [0.29, 0.717) is 16.6 Å². The lowest BCUT2D eigenvalue weighted by Gasteiger charge is -2.08. The fourth-order valence-electron chi connectivity index (χ4n) is 1.74. The summed E-state index contributed by atoms with van der Waals surface area (Å²) in [6.07, 6.45) is 0. The summed E-state index contributed by atoms with van der Waals surface area (Å²) in [6.45, 7) is 0.428. The van der Waals surface area contributed by atoms with E-state index in [-0.39, 0.29) is 5.69 Å². The summed E-state index contributed by atoms with van der Waals surface area (Å²) in [5.41, 5.74) is 2.17. The van der Waals surface area contributed by atoms with E-state index in [1.807, 2.05) is 6.07 Å². The highest BCUT2D eigenvalue weighted by Gasteiger charge is 2.14. The van der Waals surface area contributed by atoms with Crippen LogP contribution in [-0.4, -0.2) is 4.92 Å². The lowest BCUT2D eigenvalue weighted by molar-refractivity contribution is -0.385. The molecule has 1 N–H and O–H groups in total. The van der Waals surface area contributed by atoms with Crippen molar-refractivity contribution in [1.29, 1.82) is 5.26 Å². The maximum Gasteiger partial charge on any atom is 0.283 e. The van der Waals surface area contributed by atoms with Crippen LogP contribution in [0.2, 0.25) is 0 Å². The van der Waals surface area contributed by atoms with E-state index in [9.17, 15) is 10.1 Å². The average molecular weight is 332 g/mol. The first-order chi connectivity index (χ1) is 9.61. The third-order valence-electron chi connectivity index (χ3n) is 2.73. The second-order valence-electron chi connectivity index (χ2n) is 4.05. The molecule has 0 radical (unpaired) electrons. The van der Waals surface area contributed by atoms with Gasteiger partial charge in [0.2, 0.25) is 0 Å². The molecule has 2 aromatic rings. The molecular formula is C14H10BrN3O2. The summed E-state index contributed by atoms with van der Waals surface area (Å²) >= 11 is 3.25. The molecule has 0 fully saturated rings. The van der Waals surface area contributed by atoms with Gasteiger partial charge in [-0.25, -0.2) is 0 Å². The molecule has 5 nitrogen and oxygen atoms in total. The zero-order valence-corrected chi connectivity index (χ0v) is 11.9. The lowest BCUT2D eigenvalue weighted by Crippen LogP contribution is -2.02. The normalized spacial score (nSPS) is 9.80. The van der Waals surface area contributed by atoms with E-state index >= 15 is 0 Å². The Morgan fingerprint density at radius 2 is 2.05 bits per heavy atom. The number of halogens is 1. The molecule has 0 atom stereocenters. The summed E-state index contributed by atoms with van der Waals surface area (Å²) in [7, 11) is 0. The fraction of sp³-hybridized carbons (Fsp3) is 0.0714. The molecule has 0 bridgehead atoms. The highest BCUT2D eigenvalue weighted by Crippen LogP contribution is 2.28. The van der Waals surface area contributed by atoms with E-state index in [1.54, 1.807) is 30.3 Å². The van der Waals surface area contributed by atoms with Gasteiger partial charge < -0.3 is 5.32 Å². The molecule has 0 saturated heterocycles. The van der Waals surface area contributed by atoms with Crippen molar-refractivity contribution in [2.24, 2.45) is 0 Å². The molecule has 0 heterocycles. The number of rotatable bonds is 4. The second kappa shape index (κ2) is 6.17. The highest BCUT2D eigenvalue weighted by atomic mass is 79.9. The van der Waals surface area contributed by atoms with Gasteiger partial charge in [0.25, 0.3) is 5.69 Å². The Kier molecular flexibility index (Phi) is 4.33. The zero-order chi connectivity index (χ0) is 14.5. The standard InChI is InChI=1S/C14H10BrN3O2/c15-14-11(4-2-6-13(14)18(19)20)9-17-12-5-1-3-10(7-12)8-16/h1-7,17H,9H2. The Balaban J connectivity index is 2.17. The van der Waals surface area contributed by atoms with Crippen LogP contribution < -0.4 is 5.32 Å². The largest absolute Gasteiger partial charge is 0.381 e. The van der Waals surface area contributed by atoms with Crippen molar-refractivity contribution < 1.29 is 4.92 Å². The number of nitrogens with one attached hydrogen (secondary N) is 1. The summed E-state index contributed by atoms with van der Waals surface area (Å²) in [4.78, 5) is 10.4. The maximum atomic E-state index is 10.9. The van der Waals surface area contributed by atoms with Crippen LogP contribution in [0.1, 0.15) is 11.1 Å². The number of hydrogen-bond acceptors (Lipinski definition) is 4. The molecule has 0 aromatic heterocycles. The average Bonchev–Trinajstić information content (AvgIpc) is 2.46. The van der Waals surface area contributed by atoms with Gasteiger partial charge in [-0.3, -0.25) is 10.1 Å². The predicted molar refractivity (Wildman–Crippen MR) is 79.3 cm³/mol. The molecule has 0 aliphatic rings. The van der Waals surface area contributed by atoms with Crippen molar-refractivity contribution >= 4 is 27.3 Å². The molecule has 0 aliphatic heterocycles. The molecule has 6 heteroatoms. The van der Waals surface area contributed by atoms with E-state index in [0.717, 1.165) is 11.3 Å². The summed E-state index contributed by atoms with van der Waals surface area (Å²) in [5, 5.41) is 22.8. The third-order valence-corrected chi connectivity index (χ3v) is 3.65. The monoisotopic (exact) mass is 331 g/mol. The van der Waals surface area contributed by atoms with Gasteiger partial charge in [0.1, 0.15) is 4.47 Å². The van der Waals surface area contributed by atoms with Gasteiger partial charge in [-0.15, -0.1) is 0 Å².